The lowest BCUT2D eigenvalue weighted by Crippen LogP contribution is -2.26. The number of rotatable bonds is 3. The summed E-state index contributed by atoms with van der Waals surface area (Å²) in [6.45, 7) is -0.152. The van der Waals surface area contributed by atoms with Crippen LogP contribution in [0.15, 0.2) is 12.1 Å². The van der Waals surface area contributed by atoms with Crippen LogP contribution < -0.4 is 10.6 Å². The highest BCUT2D eigenvalue weighted by Gasteiger charge is 2.36. The van der Waals surface area contributed by atoms with E-state index >= 15 is 0 Å². The molecule has 2 rings (SSSR count). The highest BCUT2D eigenvalue weighted by molar-refractivity contribution is 6.01. The predicted octanol–water partition coefficient (Wildman–Crippen LogP) is 0.754. The topological polar surface area (TPSA) is 127 Å². The van der Waals surface area contributed by atoms with E-state index in [0.29, 0.717) is 0 Å². The number of nitrogens with two attached hydrogens (primary N) is 1. The molecule has 8 nitrogen and oxygen atoms in total. The van der Waals surface area contributed by atoms with Crippen molar-refractivity contribution in [3.63, 3.8) is 0 Å². The molecule has 0 spiro atoms. The van der Waals surface area contributed by atoms with Crippen molar-refractivity contribution in [3.8, 4) is 0 Å². The molecule has 1 unspecified atom stereocenters. The number of nitro groups is 1. The van der Waals surface area contributed by atoms with Crippen molar-refractivity contribution in [2.75, 3.05) is 17.2 Å². The van der Waals surface area contributed by atoms with Gasteiger partial charge in [-0.25, -0.2) is 0 Å². The van der Waals surface area contributed by atoms with E-state index in [1.165, 1.54) is 0 Å². The quantitative estimate of drug-likeness (QED) is 0.479. The molecule has 0 bridgehead atoms. The third kappa shape index (κ3) is 2.25. The predicted molar refractivity (Wildman–Crippen MR) is 65.6 cm³/mol. The Labute approximate surface area is 111 Å². The molecule has 1 saturated heterocycles. The Kier molecular flexibility index (Phi) is 3.26. The number of carboxylic acid groups (broad SMARTS) is 1. The van der Waals surface area contributed by atoms with Crippen LogP contribution in [-0.2, 0) is 9.59 Å². The summed E-state index contributed by atoms with van der Waals surface area (Å²) in [5.74, 6) is -3.69. The van der Waals surface area contributed by atoms with Gasteiger partial charge in [-0.05, 0) is 0 Å². The molecule has 1 aromatic rings. The maximum absolute atomic E-state index is 13.4. The van der Waals surface area contributed by atoms with E-state index in [2.05, 4.69) is 0 Å². The smallest absolute Gasteiger partial charge is 0.308 e. The van der Waals surface area contributed by atoms with Gasteiger partial charge in [0.25, 0.3) is 0 Å². The van der Waals surface area contributed by atoms with E-state index in [4.69, 9.17) is 10.8 Å². The second-order valence-corrected chi connectivity index (χ2v) is 4.36. The molecule has 20 heavy (non-hydrogen) atoms. The molecular weight excluding hydrogens is 273 g/mol. The second-order valence-electron chi connectivity index (χ2n) is 4.36. The van der Waals surface area contributed by atoms with Crippen molar-refractivity contribution in [3.05, 3.63) is 28.1 Å². The van der Waals surface area contributed by atoms with Gasteiger partial charge in [-0.1, -0.05) is 0 Å². The van der Waals surface area contributed by atoms with Gasteiger partial charge < -0.3 is 15.7 Å². The van der Waals surface area contributed by atoms with E-state index in [1.807, 2.05) is 0 Å². The minimum absolute atomic E-state index is 0.0492. The van der Waals surface area contributed by atoms with Crippen molar-refractivity contribution >= 4 is 28.9 Å². The molecule has 0 saturated carbocycles. The Morgan fingerprint density at radius 2 is 2.20 bits per heavy atom. The van der Waals surface area contributed by atoms with Crippen LogP contribution in [0.3, 0.4) is 0 Å². The summed E-state index contributed by atoms with van der Waals surface area (Å²) in [4.78, 5) is 33.4. The van der Waals surface area contributed by atoms with Crippen LogP contribution >= 0.6 is 0 Å². The molecule has 1 heterocycles. The summed E-state index contributed by atoms with van der Waals surface area (Å²) >= 11 is 0. The summed E-state index contributed by atoms with van der Waals surface area (Å²) in [5.41, 5.74) is 4.52. The second kappa shape index (κ2) is 4.76. The molecule has 0 aromatic heterocycles. The number of nitrogens with zero attached hydrogens (tertiary/aromatic N) is 2. The number of hydrogen-bond acceptors (Lipinski definition) is 5. The lowest BCUT2D eigenvalue weighted by atomic mass is 10.1. The first-order valence-corrected chi connectivity index (χ1v) is 5.58. The number of nitrogen functional groups attached to an aromatic ring is 1. The number of aliphatic carboxylic acids is 1. The Bertz CT molecular complexity index is 618. The lowest BCUT2D eigenvalue weighted by molar-refractivity contribution is -0.387. The average Bonchev–Trinajstić information content (AvgIpc) is 2.71. The molecule has 1 aliphatic heterocycles. The van der Waals surface area contributed by atoms with Gasteiger partial charge in [-0.15, -0.1) is 0 Å². The first kappa shape index (κ1) is 13.7. The molecule has 0 radical (unpaired) electrons. The zero-order valence-electron chi connectivity index (χ0n) is 10.1. The molecule has 106 valence electrons. The van der Waals surface area contributed by atoms with Gasteiger partial charge in [0.2, 0.25) is 11.7 Å². The van der Waals surface area contributed by atoms with Crippen molar-refractivity contribution in [2.45, 2.75) is 6.42 Å². The lowest BCUT2D eigenvalue weighted by Gasteiger charge is -2.18. The van der Waals surface area contributed by atoms with E-state index in [1.54, 1.807) is 0 Å². The number of halogens is 1. The third-order valence-corrected chi connectivity index (χ3v) is 3.06. The number of carbonyl (C=O) groups excluding carboxylic acids is 1. The molecule has 1 amide bonds. The molecule has 9 heteroatoms. The summed E-state index contributed by atoms with van der Waals surface area (Å²) in [6, 6.07) is 1.58. The molecule has 1 atom stereocenters. The third-order valence-electron chi connectivity index (χ3n) is 3.06. The van der Waals surface area contributed by atoms with Crippen molar-refractivity contribution in [2.24, 2.45) is 5.92 Å². The monoisotopic (exact) mass is 283 g/mol. The van der Waals surface area contributed by atoms with E-state index in [-0.39, 0.29) is 24.3 Å². The van der Waals surface area contributed by atoms with Gasteiger partial charge in [0.15, 0.2) is 0 Å². The van der Waals surface area contributed by atoms with E-state index in [9.17, 15) is 24.1 Å². The number of hydrogen-bond donors (Lipinski definition) is 2. The standard InChI is InChI=1S/C11H10FN3O5/c12-6-2-7(13)9(3-8(6)15(19)20)14-4-5(11(17)18)1-10(14)16/h2-3,5H,1,4,13H2,(H,17,18). The minimum atomic E-state index is -1.14. The summed E-state index contributed by atoms with van der Waals surface area (Å²) in [6.07, 6.45) is -0.222. The van der Waals surface area contributed by atoms with Crippen LogP contribution in [0.2, 0.25) is 0 Å². The van der Waals surface area contributed by atoms with Crippen LogP contribution in [-0.4, -0.2) is 28.5 Å². The Morgan fingerprint density at radius 3 is 2.70 bits per heavy atom. The van der Waals surface area contributed by atoms with E-state index < -0.39 is 34.2 Å². The molecule has 0 aliphatic carbocycles. The number of nitro benzene ring substituents is 1. The number of anilines is 2. The Morgan fingerprint density at radius 1 is 1.55 bits per heavy atom. The van der Waals surface area contributed by atoms with Crippen LogP contribution in [0.4, 0.5) is 21.5 Å². The van der Waals surface area contributed by atoms with Crippen molar-refractivity contribution < 1.29 is 24.0 Å². The van der Waals surface area contributed by atoms with E-state index in [0.717, 1.165) is 17.0 Å². The molecule has 3 N–H and O–H groups in total. The van der Waals surface area contributed by atoms with Crippen LogP contribution in [0.25, 0.3) is 0 Å². The Hall–Kier alpha value is -2.71. The summed E-state index contributed by atoms with van der Waals surface area (Å²) < 4.78 is 13.4. The largest absolute Gasteiger partial charge is 0.481 e. The maximum Gasteiger partial charge on any atom is 0.308 e. The van der Waals surface area contributed by atoms with Gasteiger partial charge in [-0.3, -0.25) is 19.7 Å². The number of carboxylic acids is 1. The van der Waals surface area contributed by atoms with Gasteiger partial charge in [0.1, 0.15) is 0 Å². The molecule has 1 fully saturated rings. The SMILES string of the molecule is Nc1cc(F)c([N+](=O)[O-])cc1N1CC(C(=O)O)CC1=O. The fourth-order valence-electron chi connectivity index (χ4n) is 2.05. The fourth-order valence-corrected chi connectivity index (χ4v) is 2.05. The normalized spacial score (nSPS) is 18.4. The van der Waals surface area contributed by atoms with Gasteiger partial charge >= 0.3 is 11.7 Å². The number of amides is 1. The first-order valence-electron chi connectivity index (χ1n) is 5.58. The Balaban J connectivity index is 2.43. The van der Waals surface area contributed by atoms with Gasteiger partial charge in [-0.2, -0.15) is 4.39 Å². The molecular formula is C11H10FN3O5. The highest BCUT2D eigenvalue weighted by Crippen LogP contribution is 2.34. The molecule has 1 aliphatic rings. The first-order chi connectivity index (χ1) is 9.31. The zero-order chi connectivity index (χ0) is 15.0. The molecule has 1 aromatic carbocycles. The van der Waals surface area contributed by atoms with Crippen LogP contribution in [0.5, 0.6) is 0 Å². The average molecular weight is 283 g/mol. The fraction of sp³-hybridized carbons (Fsp3) is 0.273. The van der Waals surface area contributed by atoms with Crippen molar-refractivity contribution in [1.29, 1.82) is 0 Å². The number of benzene rings is 1. The van der Waals surface area contributed by atoms with Gasteiger partial charge in [0.05, 0.1) is 22.2 Å². The maximum atomic E-state index is 13.4. The highest BCUT2D eigenvalue weighted by atomic mass is 19.1. The summed E-state index contributed by atoms with van der Waals surface area (Å²) in [7, 11) is 0. The zero-order valence-corrected chi connectivity index (χ0v) is 10.1. The van der Waals surface area contributed by atoms with Crippen LogP contribution in [0.1, 0.15) is 6.42 Å². The summed E-state index contributed by atoms with van der Waals surface area (Å²) in [5, 5.41) is 19.6. The van der Waals surface area contributed by atoms with Crippen LogP contribution in [0, 0.1) is 21.8 Å². The number of carbonyl (C=O) groups is 2. The van der Waals surface area contributed by atoms with Gasteiger partial charge in [0, 0.05) is 25.1 Å². The minimum Gasteiger partial charge on any atom is -0.481 e. The van der Waals surface area contributed by atoms with Crippen molar-refractivity contribution in [1.82, 2.24) is 0 Å².